The largest absolute Gasteiger partial charge is 0.477 e. The molecule has 0 bridgehead atoms. The first-order chi connectivity index (χ1) is 14.7. The molecule has 0 fully saturated rings. The summed E-state index contributed by atoms with van der Waals surface area (Å²) in [6.45, 7) is 0.406. The molecule has 0 unspecified atom stereocenters. The molecule has 0 aliphatic heterocycles. The van der Waals surface area contributed by atoms with Gasteiger partial charge in [-0.15, -0.1) is 0 Å². The summed E-state index contributed by atoms with van der Waals surface area (Å²) in [5, 5.41) is 22.8. The van der Waals surface area contributed by atoms with E-state index in [0.717, 1.165) is 16.7 Å². The summed E-state index contributed by atoms with van der Waals surface area (Å²) in [4.78, 5) is 11.8. The van der Waals surface area contributed by atoms with E-state index < -0.39 is 24.4 Å². The Kier molecular flexibility index (Phi) is 6.44. The van der Waals surface area contributed by atoms with Crippen LogP contribution in [0.1, 0.15) is 46.2 Å². The van der Waals surface area contributed by atoms with E-state index in [1.165, 1.54) is 0 Å². The number of carboxylic acid groups (broad SMARTS) is 1. The van der Waals surface area contributed by atoms with Crippen LogP contribution in [-0.2, 0) is 19.4 Å². The average Bonchev–Trinajstić information content (AvgIpc) is 3.04. The Labute approximate surface area is 177 Å². The topological polar surface area (TPSA) is 78.9 Å². The predicted octanol–water partition coefficient (Wildman–Crippen LogP) is 5.23. The van der Waals surface area contributed by atoms with E-state index in [9.17, 15) is 28.3 Å². The van der Waals surface area contributed by atoms with Gasteiger partial charge in [-0.05, 0) is 29.2 Å². The average molecular weight is 427 g/mol. The number of carbonyl (C=O) groups is 1. The lowest BCUT2D eigenvalue weighted by molar-refractivity contribution is -0.142. The van der Waals surface area contributed by atoms with Gasteiger partial charge in [0.1, 0.15) is 12.2 Å². The maximum Gasteiger partial charge on any atom is 0.408 e. The Morgan fingerprint density at radius 3 is 2.42 bits per heavy atom. The smallest absolute Gasteiger partial charge is 0.408 e. The predicted molar refractivity (Wildman–Crippen MR) is 109 cm³/mol. The standard InChI is InChI=1S/C23H20F3N3O2/c1-2-5-20-19(21(22(30)31)29(28-20)14-23(24,25)26)12-15-8-10-16(11-9-15)18-7-4-3-6-17(18)13-27/h3-4,6-11H,2,5,12,14H2,1H3,(H,30,31). The van der Waals surface area contributed by atoms with Crippen molar-refractivity contribution in [2.24, 2.45) is 0 Å². The van der Waals surface area contributed by atoms with E-state index in [1.54, 1.807) is 24.3 Å². The van der Waals surface area contributed by atoms with Crippen molar-refractivity contribution < 1.29 is 23.1 Å². The van der Waals surface area contributed by atoms with E-state index in [2.05, 4.69) is 11.2 Å². The van der Waals surface area contributed by atoms with Crippen molar-refractivity contribution in [3.8, 4) is 17.2 Å². The summed E-state index contributed by atoms with van der Waals surface area (Å²) in [6, 6.07) is 16.5. The van der Waals surface area contributed by atoms with Crippen LogP contribution in [0.3, 0.4) is 0 Å². The summed E-state index contributed by atoms with van der Waals surface area (Å²) in [5.74, 6) is -1.44. The number of aromatic carboxylic acids is 1. The van der Waals surface area contributed by atoms with Crippen molar-refractivity contribution in [1.29, 1.82) is 5.26 Å². The van der Waals surface area contributed by atoms with E-state index in [0.29, 0.717) is 34.3 Å². The summed E-state index contributed by atoms with van der Waals surface area (Å²) < 4.78 is 39.3. The van der Waals surface area contributed by atoms with E-state index in [4.69, 9.17) is 0 Å². The number of nitriles is 1. The van der Waals surface area contributed by atoms with Crippen LogP contribution in [0.4, 0.5) is 13.2 Å². The Morgan fingerprint density at radius 1 is 1.16 bits per heavy atom. The van der Waals surface area contributed by atoms with Crippen molar-refractivity contribution in [2.45, 2.75) is 38.9 Å². The van der Waals surface area contributed by atoms with Crippen molar-refractivity contribution >= 4 is 5.97 Å². The fraction of sp³-hybridized carbons (Fsp3) is 0.261. The molecule has 3 aromatic rings. The number of carboxylic acids is 1. The molecule has 160 valence electrons. The Bertz CT molecular complexity index is 1130. The van der Waals surface area contributed by atoms with Crippen LogP contribution in [0.5, 0.6) is 0 Å². The number of aromatic nitrogens is 2. The quantitative estimate of drug-likeness (QED) is 0.560. The first kappa shape index (κ1) is 22.1. The third-order valence-electron chi connectivity index (χ3n) is 4.85. The van der Waals surface area contributed by atoms with Crippen LogP contribution >= 0.6 is 0 Å². The minimum Gasteiger partial charge on any atom is -0.477 e. The molecule has 1 aromatic heterocycles. The van der Waals surface area contributed by atoms with Crippen LogP contribution in [0.2, 0.25) is 0 Å². The molecule has 0 aliphatic rings. The third-order valence-corrected chi connectivity index (χ3v) is 4.85. The fourth-order valence-electron chi connectivity index (χ4n) is 3.53. The number of rotatable bonds is 7. The van der Waals surface area contributed by atoms with Gasteiger partial charge >= 0.3 is 12.1 Å². The second-order valence-corrected chi connectivity index (χ2v) is 7.13. The van der Waals surface area contributed by atoms with Gasteiger partial charge in [-0.25, -0.2) is 9.48 Å². The molecule has 0 spiro atoms. The second kappa shape index (κ2) is 9.04. The van der Waals surface area contributed by atoms with Gasteiger partial charge in [0.05, 0.1) is 17.3 Å². The molecule has 0 radical (unpaired) electrons. The van der Waals surface area contributed by atoms with Gasteiger partial charge in [-0.2, -0.15) is 23.5 Å². The highest BCUT2D eigenvalue weighted by Crippen LogP contribution is 2.27. The third kappa shape index (κ3) is 5.12. The van der Waals surface area contributed by atoms with Gasteiger partial charge in [-0.3, -0.25) is 0 Å². The lowest BCUT2D eigenvalue weighted by atomic mass is 9.96. The zero-order chi connectivity index (χ0) is 22.6. The van der Waals surface area contributed by atoms with Gasteiger partial charge in [0, 0.05) is 12.0 Å². The van der Waals surface area contributed by atoms with Gasteiger partial charge in [0.15, 0.2) is 0 Å². The second-order valence-electron chi connectivity index (χ2n) is 7.13. The van der Waals surface area contributed by atoms with Gasteiger partial charge in [-0.1, -0.05) is 55.8 Å². The number of nitrogens with zero attached hydrogens (tertiary/aromatic N) is 3. The minimum absolute atomic E-state index is 0.148. The molecule has 1 N–H and O–H groups in total. The molecule has 0 saturated carbocycles. The Balaban J connectivity index is 1.98. The van der Waals surface area contributed by atoms with Crippen LogP contribution < -0.4 is 0 Å². The number of hydrogen-bond donors (Lipinski definition) is 1. The molecule has 0 saturated heterocycles. The van der Waals surface area contributed by atoms with Crippen molar-refractivity contribution in [3.05, 3.63) is 76.6 Å². The molecule has 1 heterocycles. The zero-order valence-electron chi connectivity index (χ0n) is 16.8. The van der Waals surface area contributed by atoms with Gasteiger partial charge in [0.2, 0.25) is 0 Å². The summed E-state index contributed by atoms with van der Waals surface area (Å²) in [7, 11) is 0. The SMILES string of the molecule is CCCc1nn(CC(F)(F)F)c(C(=O)O)c1Cc1ccc(-c2ccccc2C#N)cc1. The molecule has 31 heavy (non-hydrogen) atoms. The van der Waals surface area contributed by atoms with E-state index in [1.807, 2.05) is 31.2 Å². The lowest BCUT2D eigenvalue weighted by Gasteiger charge is -2.09. The maximum absolute atomic E-state index is 12.9. The molecule has 0 atom stereocenters. The van der Waals surface area contributed by atoms with Crippen LogP contribution in [0.25, 0.3) is 11.1 Å². The molecular formula is C23H20F3N3O2. The molecule has 0 aliphatic carbocycles. The zero-order valence-corrected chi connectivity index (χ0v) is 16.8. The fourth-order valence-corrected chi connectivity index (χ4v) is 3.53. The van der Waals surface area contributed by atoms with Crippen molar-refractivity contribution in [3.63, 3.8) is 0 Å². The monoisotopic (exact) mass is 427 g/mol. The molecular weight excluding hydrogens is 407 g/mol. The lowest BCUT2D eigenvalue weighted by Crippen LogP contribution is -2.22. The van der Waals surface area contributed by atoms with Crippen molar-refractivity contribution in [1.82, 2.24) is 9.78 Å². The number of aryl methyl sites for hydroxylation is 1. The van der Waals surface area contributed by atoms with Gasteiger partial charge in [0.25, 0.3) is 0 Å². The number of alkyl halides is 3. The highest BCUT2D eigenvalue weighted by molar-refractivity contribution is 5.88. The molecule has 0 amide bonds. The van der Waals surface area contributed by atoms with Crippen LogP contribution in [0.15, 0.2) is 48.5 Å². The Morgan fingerprint density at radius 2 is 1.84 bits per heavy atom. The van der Waals surface area contributed by atoms with E-state index >= 15 is 0 Å². The molecule has 8 heteroatoms. The first-order valence-electron chi connectivity index (χ1n) is 9.70. The van der Waals surface area contributed by atoms with Crippen LogP contribution in [-0.4, -0.2) is 27.0 Å². The van der Waals surface area contributed by atoms with Crippen LogP contribution in [0, 0.1) is 11.3 Å². The summed E-state index contributed by atoms with van der Waals surface area (Å²) in [5.41, 5.74) is 3.09. The molecule has 2 aromatic carbocycles. The number of halogens is 3. The number of hydrogen-bond acceptors (Lipinski definition) is 3. The number of benzene rings is 2. The Hall–Kier alpha value is -3.60. The van der Waals surface area contributed by atoms with E-state index in [-0.39, 0.29) is 6.42 Å². The normalized spacial score (nSPS) is 11.3. The summed E-state index contributed by atoms with van der Waals surface area (Å²) in [6.07, 6.45) is -3.42. The highest BCUT2D eigenvalue weighted by atomic mass is 19.4. The van der Waals surface area contributed by atoms with Gasteiger partial charge < -0.3 is 5.11 Å². The maximum atomic E-state index is 12.9. The first-order valence-corrected chi connectivity index (χ1v) is 9.70. The summed E-state index contributed by atoms with van der Waals surface area (Å²) >= 11 is 0. The minimum atomic E-state index is -4.58. The highest BCUT2D eigenvalue weighted by Gasteiger charge is 2.33. The van der Waals surface area contributed by atoms with Crippen molar-refractivity contribution in [2.75, 3.05) is 0 Å². The molecule has 3 rings (SSSR count). The molecule has 5 nitrogen and oxygen atoms in total.